The van der Waals surface area contributed by atoms with E-state index in [1.54, 1.807) is 18.2 Å². The van der Waals surface area contributed by atoms with Crippen LogP contribution in [-0.4, -0.2) is 5.91 Å². The first-order valence-electron chi connectivity index (χ1n) is 5.63. The molecule has 1 unspecified atom stereocenters. The van der Waals surface area contributed by atoms with Crippen LogP contribution in [0.3, 0.4) is 0 Å². The second-order valence-electron chi connectivity index (χ2n) is 4.22. The highest BCUT2D eigenvalue weighted by Gasteiger charge is 2.26. The Balaban J connectivity index is 2.36. The van der Waals surface area contributed by atoms with E-state index in [0.29, 0.717) is 11.1 Å². The van der Waals surface area contributed by atoms with Gasteiger partial charge in [-0.25, -0.2) is 4.39 Å². The molecule has 1 aliphatic rings. The van der Waals surface area contributed by atoms with Gasteiger partial charge in [-0.3, -0.25) is 4.79 Å². The number of halogens is 1. The fraction of sp³-hybridized carbons (Fsp3) is 0.0714. The van der Waals surface area contributed by atoms with Gasteiger partial charge in [0.05, 0.1) is 5.69 Å². The van der Waals surface area contributed by atoms with Crippen LogP contribution in [0, 0.1) is 5.82 Å². The van der Waals surface area contributed by atoms with Gasteiger partial charge >= 0.3 is 0 Å². The lowest BCUT2D eigenvalue weighted by molar-refractivity contribution is -0.117. The SMILES string of the molecule is NC1C(=O)Nc2c(F)cccc2-c2ccccc21. The molecule has 1 aliphatic heterocycles. The summed E-state index contributed by atoms with van der Waals surface area (Å²) < 4.78 is 13.8. The van der Waals surface area contributed by atoms with Gasteiger partial charge in [0.15, 0.2) is 0 Å². The van der Waals surface area contributed by atoms with E-state index >= 15 is 0 Å². The maximum absolute atomic E-state index is 13.8. The highest BCUT2D eigenvalue weighted by Crippen LogP contribution is 2.37. The van der Waals surface area contributed by atoms with Crippen LogP contribution in [0.15, 0.2) is 42.5 Å². The van der Waals surface area contributed by atoms with Crippen molar-refractivity contribution in [2.75, 3.05) is 5.32 Å². The summed E-state index contributed by atoms with van der Waals surface area (Å²) in [5.74, 6) is -0.851. The monoisotopic (exact) mass is 242 g/mol. The van der Waals surface area contributed by atoms with Gasteiger partial charge in [0.25, 0.3) is 0 Å². The van der Waals surface area contributed by atoms with E-state index in [1.165, 1.54) is 6.07 Å². The molecule has 0 spiro atoms. The first-order valence-corrected chi connectivity index (χ1v) is 5.63. The number of para-hydroxylation sites is 1. The van der Waals surface area contributed by atoms with Crippen LogP contribution in [0.4, 0.5) is 10.1 Å². The first-order chi connectivity index (χ1) is 8.68. The van der Waals surface area contributed by atoms with E-state index in [1.807, 2.05) is 18.2 Å². The molecular weight excluding hydrogens is 231 g/mol. The van der Waals surface area contributed by atoms with Gasteiger partial charge in [-0.2, -0.15) is 0 Å². The molecule has 0 saturated heterocycles. The van der Waals surface area contributed by atoms with Gasteiger partial charge in [0.2, 0.25) is 5.91 Å². The second-order valence-corrected chi connectivity index (χ2v) is 4.22. The van der Waals surface area contributed by atoms with Crippen LogP contribution in [0.5, 0.6) is 0 Å². The van der Waals surface area contributed by atoms with Crippen molar-refractivity contribution in [2.45, 2.75) is 6.04 Å². The minimum Gasteiger partial charge on any atom is -0.321 e. The van der Waals surface area contributed by atoms with Gasteiger partial charge in [-0.1, -0.05) is 36.4 Å². The van der Waals surface area contributed by atoms with E-state index in [4.69, 9.17) is 5.73 Å². The number of carbonyl (C=O) groups excluding carboxylic acids is 1. The van der Waals surface area contributed by atoms with Crippen LogP contribution in [-0.2, 0) is 4.79 Å². The smallest absolute Gasteiger partial charge is 0.246 e. The molecule has 90 valence electrons. The van der Waals surface area contributed by atoms with Gasteiger partial charge in [0, 0.05) is 5.56 Å². The normalized spacial score (nSPS) is 17.4. The molecule has 18 heavy (non-hydrogen) atoms. The van der Waals surface area contributed by atoms with Gasteiger partial charge in [0.1, 0.15) is 11.9 Å². The molecular formula is C14H11FN2O. The average molecular weight is 242 g/mol. The highest BCUT2D eigenvalue weighted by molar-refractivity contribution is 6.03. The molecule has 1 amide bonds. The Hall–Kier alpha value is -2.20. The summed E-state index contributed by atoms with van der Waals surface area (Å²) in [4.78, 5) is 11.9. The number of nitrogens with one attached hydrogen (secondary N) is 1. The predicted molar refractivity (Wildman–Crippen MR) is 67.4 cm³/mol. The quantitative estimate of drug-likeness (QED) is 0.745. The number of anilines is 1. The fourth-order valence-electron chi connectivity index (χ4n) is 2.23. The summed E-state index contributed by atoms with van der Waals surface area (Å²) in [6.45, 7) is 0. The zero-order valence-corrected chi connectivity index (χ0v) is 9.48. The molecule has 0 radical (unpaired) electrons. The average Bonchev–Trinajstić information content (AvgIpc) is 2.49. The number of rotatable bonds is 0. The summed E-state index contributed by atoms with van der Waals surface area (Å²) in [6.07, 6.45) is 0. The second kappa shape index (κ2) is 3.92. The topological polar surface area (TPSA) is 55.1 Å². The molecule has 1 atom stereocenters. The zero-order valence-electron chi connectivity index (χ0n) is 9.48. The summed E-state index contributed by atoms with van der Waals surface area (Å²) in [5, 5.41) is 2.55. The number of hydrogen-bond acceptors (Lipinski definition) is 2. The Morgan fingerprint density at radius 3 is 2.61 bits per heavy atom. The molecule has 4 heteroatoms. The van der Waals surface area contributed by atoms with Crippen molar-refractivity contribution in [1.29, 1.82) is 0 Å². The lowest BCUT2D eigenvalue weighted by atomic mass is 9.96. The van der Waals surface area contributed by atoms with Crippen molar-refractivity contribution in [1.82, 2.24) is 0 Å². The van der Waals surface area contributed by atoms with Crippen molar-refractivity contribution in [3.8, 4) is 11.1 Å². The summed E-state index contributed by atoms with van der Waals surface area (Å²) >= 11 is 0. The van der Waals surface area contributed by atoms with Crippen LogP contribution < -0.4 is 11.1 Å². The maximum atomic E-state index is 13.8. The molecule has 0 aromatic heterocycles. The molecule has 2 aromatic rings. The third-order valence-corrected chi connectivity index (χ3v) is 3.13. The van der Waals surface area contributed by atoms with Crippen molar-refractivity contribution in [3.63, 3.8) is 0 Å². The minimum absolute atomic E-state index is 0.197. The minimum atomic E-state index is -0.784. The van der Waals surface area contributed by atoms with Crippen molar-refractivity contribution in [2.24, 2.45) is 5.73 Å². The van der Waals surface area contributed by atoms with Crippen LogP contribution >= 0.6 is 0 Å². The summed E-state index contributed by atoms with van der Waals surface area (Å²) in [5.41, 5.74) is 8.24. The summed E-state index contributed by atoms with van der Waals surface area (Å²) in [6, 6.07) is 11.2. The zero-order chi connectivity index (χ0) is 12.7. The van der Waals surface area contributed by atoms with Gasteiger partial charge < -0.3 is 11.1 Å². The maximum Gasteiger partial charge on any atom is 0.246 e. The molecule has 3 rings (SSSR count). The van der Waals surface area contributed by atoms with Gasteiger partial charge in [-0.05, 0) is 17.2 Å². The van der Waals surface area contributed by atoms with E-state index in [9.17, 15) is 9.18 Å². The number of amides is 1. The van der Waals surface area contributed by atoms with Crippen LogP contribution in [0.25, 0.3) is 11.1 Å². The third-order valence-electron chi connectivity index (χ3n) is 3.13. The Bertz CT molecular complexity index is 639. The Morgan fingerprint density at radius 1 is 1.06 bits per heavy atom. The van der Waals surface area contributed by atoms with Crippen molar-refractivity contribution < 1.29 is 9.18 Å². The first kappa shape index (κ1) is 10.9. The highest BCUT2D eigenvalue weighted by atomic mass is 19.1. The van der Waals surface area contributed by atoms with Gasteiger partial charge in [-0.15, -0.1) is 0 Å². The Kier molecular flexibility index (Phi) is 2.38. The fourth-order valence-corrected chi connectivity index (χ4v) is 2.23. The largest absolute Gasteiger partial charge is 0.321 e. The third kappa shape index (κ3) is 1.50. The summed E-state index contributed by atoms with van der Waals surface area (Å²) in [7, 11) is 0. The lowest BCUT2D eigenvalue weighted by Crippen LogP contribution is -2.26. The molecule has 3 nitrogen and oxygen atoms in total. The number of benzene rings is 2. The molecule has 0 bridgehead atoms. The molecule has 3 N–H and O–H groups in total. The molecule has 2 aromatic carbocycles. The number of nitrogens with two attached hydrogens (primary N) is 1. The Morgan fingerprint density at radius 2 is 1.78 bits per heavy atom. The van der Waals surface area contributed by atoms with E-state index < -0.39 is 17.8 Å². The number of carbonyl (C=O) groups is 1. The van der Waals surface area contributed by atoms with E-state index in [2.05, 4.69) is 5.32 Å². The molecule has 1 heterocycles. The van der Waals surface area contributed by atoms with Crippen LogP contribution in [0.2, 0.25) is 0 Å². The number of fused-ring (bicyclic) bond motifs is 3. The standard InChI is InChI=1S/C14H11FN2O/c15-11-7-3-6-10-8-4-1-2-5-9(8)12(16)14(18)17-13(10)11/h1-7,12H,16H2,(H,17,18). The Labute approximate surface area is 103 Å². The lowest BCUT2D eigenvalue weighted by Gasteiger charge is -2.10. The number of hydrogen-bond donors (Lipinski definition) is 2. The van der Waals surface area contributed by atoms with Crippen molar-refractivity contribution >= 4 is 11.6 Å². The van der Waals surface area contributed by atoms with Crippen molar-refractivity contribution in [3.05, 3.63) is 53.8 Å². The predicted octanol–water partition coefficient (Wildman–Crippen LogP) is 2.44. The van der Waals surface area contributed by atoms with E-state index in [0.717, 1.165) is 5.56 Å². The molecule has 0 aliphatic carbocycles. The molecule has 0 fully saturated rings. The van der Waals surface area contributed by atoms with Crippen LogP contribution in [0.1, 0.15) is 11.6 Å². The molecule has 0 saturated carbocycles. The van der Waals surface area contributed by atoms with E-state index in [-0.39, 0.29) is 5.69 Å².